The molecule has 0 atom stereocenters. The molecule has 1 aromatic rings. The van der Waals surface area contributed by atoms with Gasteiger partial charge in [0.2, 0.25) is 20.0 Å². The highest BCUT2D eigenvalue weighted by Crippen LogP contribution is 2.28. The van der Waals surface area contributed by atoms with Gasteiger partial charge in [-0.3, -0.25) is 0 Å². The quantitative estimate of drug-likeness (QED) is 0.804. The van der Waals surface area contributed by atoms with Gasteiger partial charge in [-0.1, -0.05) is 30.5 Å². The van der Waals surface area contributed by atoms with Crippen LogP contribution in [0.25, 0.3) is 0 Å². The van der Waals surface area contributed by atoms with Gasteiger partial charge in [0.25, 0.3) is 0 Å². The maximum Gasteiger partial charge on any atom is 0.243 e. The summed E-state index contributed by atoms with van der Waals surface area (Å²) in [5.74, 6) is 0. The van der Waals surface area contributed by atoms with E-state index in [1.54, 1.807) is 24.3 Å². The van der Waals surface area contributed by atoms with Crippen molar-refractivity contribution in [2.24, 2.45) is 0 Å². The molecule has 6 nitrogen and oxygen atoms in total. The SMILES string of the molecule is Cc1ccc(S(=O)(=O)N2CCN(S(=O)(=O)C3CCCC3)CC2)cc1. The number of sulfonamides is 2. The van der Waals surface area contributed by atoms with Crippen molar-refractivity contribution in [2.75, 3.05) is 26.2 Å². The molecule has 1 heterocycles. The summed E-state index contributed by atoms with van der Waals surface area (Å²) < 4.78 is 53.4. The molecule has 3 rings (SSSR count). The van der Waals surface area contributed by atoms with E-state index >= 15 is 0 Å². The Kier molecular flexibility index (Phi) is 5.01. The van der Waals surface area contributed by atoms with Crippen LogP contribution in [0.15, 0.2) is 29.2 Å². The number of rotatable bonds is 4. The van der Waals surface area contributed by atoms with Gasteiger partial charge in [-0.2, -0.15) is 8.61 Å². The first-order valence-corrected chi connectivity index (χ1v) is 11.3. The lowest BCUT2D eigenvalue weighted by Crippen LogP contribution is -2.52. The van der Waals surface area contributed by atoms with Crippen LogP contribution in [0.4, 0.5) is 0 Å². The number of piperazine rings is 1. The fourth-order valence-electron chi connectivity index (χ4n) is 3.42. The van der Waals surface area contributed by atoms with Crippen LogP contribution in [0.1, 0.15) is 31.2 Å². The summed E-state index contributed by atoms with van der Waals surface area (Å²) in [7, 11) is -6.84. The number of hydrogen-bond donors (Lipinski definition) is 0. The lowest BCUT2D eigenvalue weighted by Gasteiger charge is -2.34. The third-order valence-corrected chi connectivity index (χ3v) is 9.25. The third-order valence-electron chi connectivity index (χ3n) is 4.94. The van der Waals surface area contributed by atoms with Gasteiger partial charge >= 0.3 is 0 Å². The van der Waals surface area contributed by atoms with Crippen LogP contribution < -0.4 is 0 Å². The highest BCUT2D eigenvalue weighted by Gasteiger charge is 2.37. The molecule has 1 aliphatic heterocycles. The Morgan fingerprint density at radius 1 is 0.833 bits per heavy atom. The molecule has 1 saturated heterocycles. The van der Waals surface area contributed by atoms with Gasteiger partial charge in [0.1, 0.15) is 0 Å². The minimum atomic E-state index is -3.55. The maximum atomic E-state index is 12.7. The molecule has 0 bridgehead atoms. The van der Waals surface area contributed by atoms with Crippen molar-refractivity contribution in [3.63, 3.8) is 0 Å². The van der Waals surface area contributed by atoms with Crippen LogP contribution in [0.5, 0.6) is 0 Å². The Balaban J connectivity index is 1.69. The topological polar surface area (TPSA) is 74.8 Å². The van der Waals surface area contributed by atoms with Gasteiger partial charge in [0.05, 0.1) is 10.1 Å². The Morgan fingerprint density at radius 3 is 1.88 bits per heavy atom. The van der Waals surface area contributed by atoms with E-state index in [-0.39, 0.29) is 36.3 Å². The molecule has 8 heteroatoms. The molecule has 0 radical (unpaired) electrons. The lowest BCUT2D eigenvalue weighted by atomic mass is 10.2. The summed E-state index contributed by atoms with van der Waals surface area (Å²) in [4.78, 5) is 0.264. The summed E-state index contributed by atoms with van der Waals surface area (Å²) in [6.07, 6.45) is 3.38. The summed E-state index contributed by atoms with van der Waals surface area (Å²) in [5, 5.41) is -0.280. The first-order chi connectivity index (χ1) is 11.3. The zero-order valence-electron chi connectivity index (χ0n) is 13.9. The highest BCUT2D eigenvalue weighted by molar-refractivity contribution is 7.90. The molecule has 1 saturated carbocycles. The van der Waals surface area contributed by atoms with E-state index in [1.165, 1.54) is 8.61 Å². The lowest BCUT2D eigenvalue weighted by molar-refractivity contribution is 0.270. The van der Waals surface area contributed by atoms with Crippen LogP contribution >= 0.6 is 0 Å². The Hall–Kier alpha value is -0.960. The average Bonchev–Trinajstić information content (AvgIpc) is 3.11. The summed E-state index contributed by atoms with van der Waals surface area (Å²) in [6, 6.07) is 6.75. The summed E-state index contributed by atoms with van der Waals surface area (Å²) in [5.41, 5.74) is 1.00. The Labute approximate surface area is 144 Å². The van der Waals surface area contributed by atoms with Crippen molar-refractivity contribution in [2.45, 2.75) is 42.8 Å². The zero-order valence-corrected chi connectivity index (χ0v) is 15.5. The highest BCUT2D eigenvalue weighted by atomic mass is 32.2. The van der Waals surface area contributed by atoms with Crippen LogP contribution in [0.2, 0.25) is 0 Å². The van der Waals surface area contributed by atoms with Crippen molar-refractivity contribution in [1.29, 1.82) is 0 Å². The molecule has 0 aromatic heterocycles. The second kappa shape index (κ2) is 6.74. The van der Waals surface area contributed by atoms with Gasteiger partial charge < -0.3 is 0 Å². The predicted octanol–water partition coefficient (Wildman–Crippen LogP) is 1.57. The third kappa shape index (κ3) is 3.37. The Bertz CT molecular complexity index is 774. The van der Waals surface area contributed by atoms with E-state index in [0.29, 0.717) is 0 Å². The first kappa shape index (κ1) is 17.8. The molecular formula is C16H24N2O4S2. The second-order valence-electron chi connectivity index (χ2n) is 6.57. The van der Waals surface area contributed by atoms with Crippen LogP contribution in [0, 0.1) is 6.92 Å². The van der Waals surface area contributed by atoms with Crippen molar-refractivity contribution < 1.29 is 16.8 Å². The molecule has 1 aliphatic carbocycles. The van der Waals surface area contributed by atoms with Gasteiger partial charge in [-0.05, 0) is 31.9 Å². The first-order valence-electron chi connectivity index (χ1n) is 8.37. The summed E-state index contributed by atoms with van der Waals surface area (Å²) in [6.45, 7) is 2.81. The van der Waals surface area contributed by atoms with E-state index in [4.69, 9.17) is 0 Å². The Morgan fingerprint density at radius 2 is 1.33 bits per heavy atom. The molecule has 2 fully saturated rings. The second-order valence-corrected chi connectivity index (χ2v) is 10.7. The van der Waals surface area contributed by atoms with Crippen LogP contribution in [0.3, 0.4) is 0 Å². The van der Waals surface area contributed by atoms with Crippen molar-refractivity contribution in [3.8, 4) is 0 Å². The molecule has 2 aliphatic rings. The molecule has 0 spiro atoms. The molecule has 0 unspecified atom stereocenters. The molecule has 0 N–H and O–H groups in total. The van der Waals surface area contributed by atoms with Crippen molar-refractivity contribution in [3.05, 3.63) is 29.8 Å². The van der Waals surface area contributed by atoms with E-state index in [9.17, 15) is 16.8 Å². The van der Waals surface area contributed by atoms with Gasteiger partial charge in [-0.15, -0.1) is 0 Å². The van der Waals surface area contributed by atoms with Gasteiger partial charge in [-0.25, -0.2) is 16.8 Å². The number of aryl methyl sites for hydroxylation is 1. The van der Waals surface area contributed by atoms with Gasteiger partial charge in [0.15, 0.2) is 0 Å². The normalized spacial score (nSPS) is 22.0. The van der Waals surface area contributed by atoms with Gasteiger partial charge in [0, 0.05) is 26.2 Å². The molecule has 24 heavy (non-hydrogen) atoms. The van der Waals surface area contributed by atoms with E-state index in [2.05, 4.69) is 0 Å². The van der Waals surface area contributed by atoms with E-state index in [1.807, 2.05) is 6.92 Å². The van der Waals surface area contributed by atoms with E-state index < -0.39 is 20.0 Å². The van der Waals surface area contributed by atoms with Crippen LogP contribution in [-0.2, 0) is 20.0 Å². The van der Waals surface area contributed by atoms with Crippen molar-refractivity contribution in [1.82, 2.24) is 8.61 Å². The number of hydrogen-bond acceptors (Lipinski definition) is 4. The van der Waals surface area contributed by atoms with E-state index in [0.717, 1.165) is 31.2 Å². The van der Waals surface area contributed by atoms with Crippen molar-refractivity contribution >= 4 is 20.0 Å². The van der Waals surface area contributed by atoms with Crippen LogP contribution in [-0.4, -0.2) is 56.9 Å². The molecule has 0 amide bonds. The standard InChI is InChI=1S/C16H24N2O4S2/c1-14-6-8-16(9-7-14)24(21,22)18-12-10-17(11-13-18)23(19,20)15-4-2-3-5-15/h6-9,15H,2-5,10-13H2,1H3. The fraction of sp³-hybridized carbons (Fsp3) is 0.625. The minimum Gasteiger partial charge on any atom is -0.212 e. The smallest absolute Gasteiger partial charge is 0.212 e. The number of nitrogens with zero attached hydrogens (tertiary/aromatic N) is 2. The molecule has 1 aromatic carbocycles. The fourth-order valence-corrected chi connectivity index (χ4v) is 6.87. The molecular weight excluding hydrogens is 348 g/mol. The molecule has 134 valence electrons. The maximum absolute atomic E-state index is 12.7. The monoisotopic (exact) mass is 372 g/mol. The summed E-state index contributed by atoms with van der Waals surface area (Å²) >= 11 is 0. The minimum absolute atomic E-state index is 0.210. The largest absolute Gasteiger partial charge is 0.243 e. The average molecular weight is 373 g/mol. The zero-order chi connectivity index (χ0) is 17.4. The number of benzene rings is 1. The predicted molar refractivity (Wildman–Crippen MR) is 92.7 cm³/mol.